The molecule has 1 N–H and O–H groups in total. The Morgan fingerprint density at radius 3 is 2.79 bits per heavy atom. The zero-order valence-electron chi connectivity index (χ0n) is 11.5. The van der Waals surface area contributed by atoms with Crippen molar-refractivity contribution < 1.29 is 14.6 Å². The number of hydrogen-bond donors (Lipinski definition) is 1. The molecule has 0 spiro atoms. The Labute approximate surface area is 113 Å². The van der Waals surface area contributed by atoms with Crippen LogP contribution < -0.4 is 4.74 Å². The molecule has 0 saturated carbocycles. The van der Waals surface area contributed by atoms with Crippen LogP contribution in [-0.4, -0.2) is 41.7 Å². The third kappa shape index (κ3) is 3.35. The average Bonchev–Trinajstić information content (AvgIpc) is 2.35. The minimum Gasteiger partial charge on any atom is -0.488 e. The van der Waals surface area contributed by atoms with Gasteiger partial charge in [0.05, 0.1) is 11.2 Å². The van der Waals surface area contributed by atoms with Crippen LogP contribution in [0.5, 0.6) is 5.75 Å². The lowest BCUT2D eigenvalue weighted by Gasteiger charge is -2.27. The van der Waals surface area contributed by atoms with Gasteiger partial charge in [0.15, 0.2) is 0 Å². The molecule has 0 aromatic heterocycles. The van der Waals surface area contributed by atoms with Gasteiger partial charge in [-0.2, -0.15) is 0 Å². The van der Waals surface area contributed by atoms with Crippen LogP contribution >= 0.6 is 0 Å². The van der Waals surface area contributed by atoms with Gasteiger partial charge in [0.2, 0.25) is 0 Å². The van der Waals surface area contributed by atoms with Crippen LogP contribution in [0.3, 0.4) is 0 Å². The van der Waals surface area contributed by atoms with E-state index in [1.165, 1.54) is 4.90 Å². The van der Waals surface area contributed by atoms with E-state index in [1.807, 2.05) is 30.3 Å². The highest BCUT2D eigenvalue weighted by Crippen LogP contribution is 2.26. The van der Waals surface area contributed by atoms with Gasteiger partial charge in [-0.05, 0) is 26.0 Å². The lowest BCUT2D eigenvalue weighted by Crippen LogP contribution is -2.41. The summed E-state index contributed by atoms with van der Waals surface area (Å²) in [6, 6.07) is 7.61. The van der Waals surface area contributed by atoms with Crippen LogP contribution in [0.15, 0.2) is 29.8 Å². The highest BCUT2D eigenvalue weighted by atomic mass is 16.5. The van der Waals surface area contributed by atoms with Crippen LogP contribution in [0.2, 0.25) is 0 Å². The standard InChI is InChI=1S/C15H19NO3/c1-15(2,18)10-16(3)14(17)12-8-11-6-4-5-7-13(11)19-9-12/h4-8,18H,9-10H2,1-3H3. The number of aliphatic hydroxyl groups is 1. The maximum atomic E-state index is 12.3. The molecule has 1 heterocycles. The number of hydrogen-bond acceptors (Lipinski definition) is 3. The number of carbonyl (C=O) groups excluding carboxylic acids is 1. The number of likely N-dealkylation sites (N-methyl/N-ethyl adjacent to an activating group) is 1. The summed E-state index contributed by atoms with van der Waals surface area (Å²) in [6.07, 6.45) is 1.85. The Morgan fingerprint density at radius 1 is 1.42 bits per heavy atom. The number of nitrogens with zero attached hydrogens (tertiary/aromatic N) is 1. The molecule has 1 aliphatic rings. The summed E-state index contributed by atoms with van der Waals surface area (Å²) in [7, 11) is 1.68. The number of rotatable bonds is 3. The van der Waals surface area contributed by atoms with Gasteiger partial charge in [-0.25, -0.2) is 0 Å². The van der Waals surface area contributed by atoms with E-state index in [9.17, 15) is 9.90 Å². The van der Waals surface area contributed by atoms with E-state index in [-0.39, 0.29) is 19.1 Å². The Morgan fingerprint density at radius 2 is 2.11 bits per heavy atom. The first-order chi connectivity index (χ1) is 8.87. The molecule has 0 fully saturated rings. The van der Waals surface area contributed by atoms with Gasteiger partial charge in [0, 0.05) is 19.2 Å². The van der Waals surface area contributed by atoms with Crippen molar-refractivity contribution in [2.45, 2.75) is 19.4 Å². The van der Waals surface area contributed by atoms with E-state index in [1.54, 1.807) is 20.9 Å². The molecule has 4 nitrogen and oxygen atoms in total. The van der Waals surface area contributed by atoms with Gasteiger partial charge >= 0.3 is 0 Å². The lowest BCUT2D eigenvalue weighted by molar-refractivity contribution is -0.128. The Kier molecular flexibility index (Phi) is 3.62. The number of carbonyl (C=O) groups is 1. The summed E-state index contributed by atoms with van der Waals surface area (Å²) in [4.78, 5) is 13.8. The summed E-state index contributed by atoms with van der Waals surface area (Å²) in [6.45, 7) is 3.91. The van der Waals surface area contributed by atoms with Gasteiger partial charge < -0.3 is 14.7 Å². The van der Waals surface area contributed by atoms with Crippen molar-refractivity contribution >= 4 is 12.0 Å². The molecule has 0 aliphatic carbocycles. The van der Waals surface area contributed by atoms with Crippen LogP contribution in [0, 0.1) is 0 Å². The van der Waals surface area contributed by atoms with Gasteiger partial charge in [-0.15, -0.1) is 0 Å². The van der Waals surface area contributed by atoms with Gasteiger partial charge in [0.25, 0.3) is 5.91 Å². The number of para-hydroxylation sites is 1. The highest BCUT2D eigenvalue weighted by Gasteiger charge is 2.24. The minimum atomic E-state index is -0.904. The van der Waals surface area contributed by atoms with E-state index >= 15 is 0 Å². The van der Waals surface area contributed by atoms with E-state index in [2.05, 4.69) is 0 Å². The first-order valence-electron chi connectivity index (χ1n) is 6.27. The van der Waals surface area contributed by atoms with Gasteiger partial charge in [-0.1, -0.05) is 18.2 Å². The van der Waals surface area contributed by atoms with Crippen LogP contribution in [0.25, 0.3) is 6.08 Å². The lowest BCUT2D eigenvalue weighted by atomic mass is 10.1. The third-order valence-corrected chi connectivity index (χ3v) is 2.88. The highest BCUT2D eigenvalue weighted by molar-refractivity contribution is 5.99. The summed E-state index contributed by atoms with van der Waals surface area (Å²) in [5, 5.41) is 9.75. The molecule has 0 saturated heterocycles. The Balaban J connectivity index is 2.15. The van der Waals surface area contributed by atoms with E-state index < -0.39 is 5.60 Å². The molecular formula is C15H19NO3. The molecule has 1 aromatic rings. The fourth-order valence-electron chi connectivity index (χ4n) is 2.14. The molecule has 1 aromatic carbocycles. The average molecular weight is 261 g/mol. The van der Waals surface area contributed by atoms with Crippen molar-refractivity contribution in [2.24, 2.45) is 0 Å². The van der Waals surface area contributed by atoms with Crippen molar-refractivity contribution in [2.75, 3.05) is 20.2 Å². The molecule has 2 rings (SSSR count). The van der Waals surface area contributed by atoms with E-state index in [4.69, 9.17) is 4.74 Å². The van der Waals surface area contributed by atoms with Gasteiger partial charge in [0.1, 0.15) is 12.4 Å². The molecule has 4 heteroatoms. The molecule has 1 amide bonds. The summed E-state index contributed by atoms with van der Waals surface area (Å²) in [5.41, 5.74) is 0.609. The maximum absolute atomic E-state index is 12.3. The zero-order chi connectivity index (χ0) is 14.0. The topological polar surface area (TPSA) is 49.8 Å². The fraction of sp³-hybridized carbons (Fsp3) is 0.400. The molecule has 0 atom stereocenters. The first kappa shape index (κ1) is 13.6. The summed E-state index contributed by atoms with van der Waals surface area (Å²) >= 11 is 0. The number of fused-ring (bicyclic) bond motifs is 1. The largest absolute Gasteiger partial charge is 0.488 e. The second kappa shape index (κ2) is 5.05. The van der Waals surface area contributed by atoms with E-state index in [0.717, 1.165) is 11.3 Å². The summed E-state index contributed by atoms with van der Waals surface area (Å²) in [5.74, 6) is 0.681. The normalized spacial score (nSPS) is 14.2. The number of ether oxygens (including phenoxy) is 1. The molecule has 0 unspecified atom stereocenters. The summed E-state index contributed by atoms with van der Waals surface area (Å²) < 4.78 is 5.56. The van der Waals surface area contributed by atoms with Crippen molar-refractivity contribution in [1.82, 2.24) is 4.90 Å². The maximum Gasteiger partial charge on any atom is 0.253 e. The molecule has 19 heavy (non-hydrogen) atoms. The number of benzene rings is 1. The van der Waals surface area contributed by atoms with Crippen LogP contribution in [0.4, 0.5) is 0 Å². The monoisotopic (exact) mass is 261 g/mol. The minimum absolute atomic E-state index is 0.114. The third-order valence-electron chi connectivity index (χ3n) is 2.88. The molecular weight excluding hydrogens is 242 g/mol. The van der Waals surface area contributed by atoms with Crippen molar-refractivity contribution in [1.29, 1.82) is 0 Å². The Hall–Kier alpha value is -1.81. The molecule has 102 valence electrons. The molecule has 0 radical (unpaired) electrons. The molecule has 0 bridgehead atoms. The van der Waals surface area contributed by atoms with Gasteiger partial charge in [-0.3, -0.25) is 4.79 Å². The smallest absolute Gasteiger partial charge is 0.253 e. The second-order valence-electron chi connectivity index (χ2n) is 5.47. The van der Waals surface area contributed by atoms with Crippen LogP contribution in [-0.2, 0) is 4.79 Å². The quantitative estimate of drug-likeness (QED) is 0.901. The first-order valence-corrected chi connectivity index (χ1v) is 6.27. The Bertz CT molecular complexity index is 514. The van der Waals surface area contributed by atoms with E-state index in [0.29, 0.717) is 5.57 Å². The molecule has 1 aliphatic heterocycles. The van der Waals surface area contributed by atoms with Crippen LogP contribution in [0.1, 0.15) is 19.4 Å². The predicted octanol–water partition coefficient (Wildman–Crippen LogP) is 1.69. The zero-order valence-corrected chi connectivity index (χ0v) is 11.5. The van der Waals surface area contributed by atoms with Crippen molar-refractivity contribution in [3.05, 3.63) is 35.4 Å². The number of amides is 1. The van der Waals surface area contributed by atoms with Crippen molar-refractivity contribution in [3.8, 4) is 5.75 Å². The SMILES string of the molecule is CN(CC(C)(C)O)C(=O)C1=Cc2ccccc2OC1. The fourth-order valence-corrected chi connectivity index (χ4v) is 2.14. The second-order valence-corrected chi connectivity index (χ2v) is 5.47. The predicted molar refractivity (Wildman–Crippen MR) is 73.8 cm³/mol. The van der Waals surface area contributed by atoms with Crippen molar-refractivity contribution in [3.63, 3.8) is 0 Å².